The highest BCUT2D eigenvalue weighted by Crippen LogP contribution is 2.24. The van der Waals surface area contributed by atoms with Crippen LogP contribution in [0.5, 0.6) is 0 Å². The standard InChI is InChI=1S/C11H14N4O2S2/c1-7-10(18-6-15-7)5-14-9-3-2-8(12)4-11(9)19(13,16)17/h2-4,6,14H,5,12H2,1H3,(H2,13,16,17). The Morgan fingerprint density at radius 3 is 2.74 bits per heavy atom. The van der Waals surface area contributed by atoms with E-state index in [1.165, 1.54) is 17.4 Å². The predicted octanol–water partition coefficient (Wildman–Crippen LogP) is 1.29. The van der Waals surface area contributed by atoms with Gasteiger partial charge in [-0.05, 0) is 25.1 Å². The molecule has 0 fully saturated rings. The molecule has 0 saturated carbocycles. The van der Waals surface area contributed by atoms with Gasteiger partial charge in [0.2, 0.25) is 10.0 Å². The molecule has 2 rings (SSSR count). The molecule has 1 aromatic carbocycles. The Morgan fingerprint density at radius 2 is 2.16 bits per heavy atom. The van der Waals surface area contributed by atoms with Crippen molar-refractivity contribution in [2.75, 3.05) is 11.1 Å². The number of aryl methyl sites for hydroxylation is 1. The molecule has 0 aliphatic carbocycles. The minimum Gasteiger partial charge on any atom is -0.399 e. The van der Waals surface area contributed by atoms with Gasteiger partial charge in [0.05, 0.1) is 23.4 Å². The molecule has 0 atom stereocenters. The number of nitrogens with zero attached hydrogens (tertiary/aromatic N) is 1. The van der Waals surface area contributed by atoms with Crippen molar-refractivity contribution in [2.45, 2.75) is 18.4 Å². The van der Waals surface area contributed by atoms with Gasteiger partial charge in [0.15, 0.2) is 0 Å². The Balaban J connectivity index is 2.28. The Labute approximate surface area is 115 Å². The van der Waals surface area contributed by atoms with E-state index in [1.807, 2.05) is 6.92 Å². The Morgan fingerprint density at radius 1 is 1.42 bits per heavy atom. The maximum atomic E-state index is 11.5. The summed E-state index contributed by atoms with van der Waals surface area (Å²) < 4.78 is 23.0. The largest absolute Gasteiger partial charge is 0.399 e. The number of anilines is 2. The quantitative estimate of drug-likeness (QED) is 0.737. The van der Waals surface area contributed by atoms with E-state index in [0.717, 1.165) is 10.6 Å². The van der Waals surface area contributed by atoms with Crippen molar-refractivity contribution in [1.82, 2.24) is 4.98 Å². The first-order valence-electron chi connectivity index (χ1n) is 5.43. The second kappa shape index (κ2) is 5.16. The smallest absolute Gasteiger partial charge is 0.240 e. The molecule has 2 aromatic rings. The summed E-state index contributed by atoms with van der Waals surface area (Å²) in [4.78, 5) is 5.16. The molecule has 0 radical (unpaired) electrons. The summed E-state index contributed by atoms with van der Waals surface area (Å²) in [7, 11) is -3.81. The van der Waals surface area contributed by atoms with Gasteiger partial charge in [-0.25, -0.2) is 18.5 Å². The number of aromatic nitrogens is 1. The fraction of sp³-hybridized carbons (Fsp3) is 0.182. The Hall–Kier alpha value is -1.64. The van der Waals surface area contributed by atoms with E-state index in [1.54, 1.807) is 17.6 Å². The van der Waals surface area contributed by atoms with Gasteiger partial charge >= 0.3 is 0 Å². The molecule has 8 heteroatoms. The van der Waals surface area contributed by atoms with Crippen molar-refractivity contribution in [3.8, 4) is 0 Å². The molecule has 0 saturated heterocycles. The van der Waals surface area contributed by atoms with E-state index in [4.69, 9.17) is 10.9 Å². The molecular formula is C11H14N4O2S2. The highest BCUT2D eigenvalue weighted by atomic mass is 32.2. The number of nitrogen functional groups attached to an aromatic ring is 1. The van der Waals surface area contributed by atoms with Gasteiger partial charge in [0.25, 0.3) is 0 Å². The van der Waals surface area contributed by atoms with Crippen molar-refractivity contribution in [3.63, 3.8) is 0 Å². The molecular weight excluding hydrogens is 284 g/mol. The minimum atomic E-state index is -3.81. The molecule has 0 aliphatic rings. The van der Waals surface area contributed by atoms with E-state index < -0.39 is 10.0 Å². The van der Waals surface area contributed by atoms with Crippen LogP contribution in [0.3, 0.4) is 0 Å². The SMILES string of the molecule is Cc1ncsc1CNc1ccc(N)cc1S(N)(=O)=O. The highest BCUT2D eigenvalue weighted by molar-refractivity contribution is 7.89. The number of sulfonamides is 1. The van der Waals surface area contributed by atoms with Crippen LogP contribution < -0.4 is 16.2 Å². The van der Waals surface area contributed by atoms with Crippen LogP contribution in [0.2, 0.25) is 0 Å². The number of thiazole rings is 1. The Bertz CT molecular complexity index is 694. The summed E-state index contributed by atoms with van der Waals surface area (Å²) in [6.45, 7) is 2.39. The number of hydrogen-bond acceptors (Lipinski definition) is 6. The van der Waals surface area contributed by atoms with Crippen molar-refractivity contribution < 1.29 is 8.42 Å². The lowest BCUT2D eigenvalue weighted by Crippen LogP contribution is -2.15. The van der Waals surface area contributed by atoms with E-state index in [0.29, 0.717) is 17.9 Å². The number of nitrogens with one attached hydrogen (secondary N) is 1. The first-order chi connectivity index (χ1) is 8.88. The van der Waals surface area contributed by atoms with Crippen LogP contribution in [-0.2, 0) is 16.6 Å². The maximum Gasteiger partial charge on any atom is 0.240 e. The zero-order chi connectivity index (χ0) is 14.0. The summed E-state index contributed by atoms with van der Waals surface area (Å²) >= 11 is 1.51. The van der Waals surface area contributed by atoms with Gasteiger partial charge in [-0.3, -0.25) is 0 Å². The number of nitrogens with two attached hydrogens (primary N) is 2. The third-order valence-corrected chi connectivity index (χ3v) is 4.48. The lowest BCUT2D eigenvalue weighted by Gasteiger charge is -2.11. The van der Waals surface area contributed by atoms with Crippen LogP contribution in [-0.4, -0.2) is 13.4 Å². The van der Waals surface area contributed by atoms with Gasteiger partial charge in [0.1, 0.15) is 4.90 Å². The van der Waals surface area contributed by atoms with Crippen molar-refractivity contribution in [1.29, 1.82) is 0 Å². The number of hydrogen-bond donors (Lipinski definition) is 3. The molecule has 1 aromatic heterocycles. The molecule has 0 aliphatic heterocycles. The number of benzene rings is 1. The fourth-order valence-corrected chi connectivity index (χ4v) is 3.06. The van der Waals surface area contributed by atoms with Crippen LogP contribution in [0.25, 0.3) is 0 Å². The predicted molar refractivity (Wildman–Crippen MR) is 76.4 cm³/mol. The molecule has 19 heavy (non-hydrogen) atoms. The maximum absolute atomic E-state index is 11.5. The number of primary sulfonamides is 1. The summed E-state index contributed by atoms with van der Waals surface area (Å²) in [5.74, 6) is 0. The lowest BCUT2D eigenvalue weighted by atomic mass is 10.2. The number of rotatable bonds is 4. The van der Waals surface area contributed by atoms with Gasteiger partial charge in [0, 0.05) is 10.6 Å². The van der Waals surface area contributed by atoms with Gasteiger partial charge in [-0.15, -0.1) is 11.3 Å². The fourth-order valence-electron chi connectivity index (χ4n) is 1.59. The van der Waals surface area contributed by atoms with Gasteiger partial charge in [-0.1, -0.05) is 0 Å². The average molecular weight is 298 g/mol. The van der Waals surface area contributed by atoms with E-state index >= 15 is 0 Å². The van der Waals surface area contributed by atoms with E-state index in [2.05, 4.69) is 10.3 Å². The normalized spacial score (nSPS) is 11.5. The average Bonchev–Trinajstić information content (AvgIpc) is 2.72. The first-order valence-corrected chi connectivity index (χ1v) is 7.85. The summed E-state index contributed by atoms with van der Waals surface area (Å²) in [6.07, 6.45) is 0. The third kappa shape index (κ3) is 3.22. The van der Waals surface area contributed by atoms with Crippen molar-refractivity contribution >= 4 is 32.7 Å². The first kappa shape index (κ1) is 13.8. The second-order valence-corrected chi connectivity index (χ2v) is 6.48. The van der Waals surface area contributed by atoms with Gasteiger partial charge < -0.3 is 11.1 Å². The Kier molecular flexibility index (Phi) is 3.74. The molecule has 0 bridgehead atoms. The zero-order valence-electron chi connectivity index (χ0n) is 10.3. The highest BCUT2D eigenvalue weighted by Gasteiger charge is 2.14. The molecule has 102 valence electrons. The molecule has 0 amide bonds. The topological polar surface area (TPSA) is 111 Å². The van der Waals surface area contributed by atoms with Crippen LogP contribution in [0.4, 0.5) is 11.4 Å². The van der Waals surface area contributed by atoms with Crippen LogP contribution in [0, 0.1) is 6.92 Å². The van der Waals surface area contributed by atoms with Gasteiger partial charge in [-0.2, -0.15) is 0 Å². The summed E-state index contributed by atoms with van der Waals surface area (Å²) in [5.41, 5.74) is 9.04. The van der Waals surface area contributed by atoms with Crippen molar-refractivity contribution in [3.05, 3.63) is 34.3 Å². The van der Waals surface area contributed by atoms with Crippen molar-refractivity contribution in [2.24, 2.45) is 5.14 Å². The molecule has 1 heterocycles. The van der Waals surface area contributed by atoms with Crippen LogP contribution >= 0.6 is 11.3 Å². The summed E-state index contributed by atoms with van der Waals surface area (Å²) in [6, 6.07) is 4.57. The zero-order valence-corrected chi connectivity index (χ0v) is 11.9. The lowest BCUT2D eigenvalue weighted by molar-refractivity contribution is 0.598. The second-order valence-electron chi connectivity index (χ2n) is 4.02. The van der Waals surface area contributed by atoms with E-state index in [-0.39, 0.29) is 4.90 Å². The molecule has 0 unspecified atom stereocenters. The third-order valence-electron chi connectivity index (χ3n) is 2.60. The molecule has 5 N–H and O–H groups in total. The minimum absolute atomic E-state index is 0.00494. The van der Waals surface area contributed by atoms with Crippen LogP contribution in [0.1, 0.15) is 10.6 Å². The summed E-state index contributed by atoms with van der Waals surface area (Å²) in [5, 5.41) is 8.22. The molecule has 6 nitrogen and oxygen atoms in total. The van der Waals surface area contributed by atoms with E-state index in [9.17, 15) is 8.42 Å². The van der Waals surface area contributed by atoms with Crippen LogP contribution in [0.15, 0.2) is 28.6 Å². The molecule has 0 spiro atoms. The monoisotopic (exact) mass is 298 g/mol.